The predicted octanol–water partition coefficient (Wildman–Crippen LogP) is 7.02. The second-order valence-corrected chi connectivity index (χ2v) is 11.1. The number of fused-ring (bicyclic) bond motifs is 2. The number of nitrogens with one attached hydrogen (secondary N) is 1. The molecule has 1 aliphatic heterocycles. The van der Waals surface area contributed by atoms with Crippen LogP contribution in [0.25, 0.3) is 32.8 Å². The van der Waals surface area contributed by atoms with Gasteiger partial charge >= 0.3 is 0 Å². The molecular formula is C32H31F2N3O3. The summed E-state index contributed by atoms with van der Waals surface area (Å²) in [6, 6.07) is 17.4. The quantitative estimate of drug-likeness (QED) is 0.240. The number of aromatic nitrogens is 3. The summed E-state index contributed by atoms with van der Waals surface area (Å²) in [6.45, 7) is 5.31. The van der Waals surface area contributed by atoms with Crippen molar-refractivity contribution in [3.63, 3.8) is 0 Å². The highest BCUT2D eigenvalue weighted by Gasteiger charge is 2.29. The molecule has 5 aromatic rings. The molecule has 1 unspecified atom stereocenters. The largest absolute Gasteiger partial charge is 0.376 e. The van der Waals surface area contributed by atoms with Gasteiger partial charge < -0.3 is 14.5 Å². The highest BCUT2D eigenvalue weighted by atomic mass is 19.2. The number of H-pyrrole nitrogens is 1. The molecule has 6 rings (SSSR count). The van der Waals surface area contributed by atoms with Crippen LogP contribution in [0.3, 0.4) is 0 Å². The summed E-state index contributed by atoms with van der Waals surface area (Å²) >= 11 is 0. The number of pyridine rings is 1. The number of hydrogen-bond acceptors (Lipinski definition) is 4. The Bertz CT molecular complexity index is 1740. The van der Waals surface area contributed by atoms with Crippen molar-refractivity contribution in [1.29, 1.82) is 0 Å². The smallest absolute Gasteiger partial charge is 0.256 e. The fourth-order valence-electron chi connectivity index (χ4n) is 5.54. The van der Waals surface area contributed by atoms with E-state index in [9.17, 15) is 13.6 Å². The monoisotopic (exact) mass is 543 g/mol. The first-order chi connectivity index (χ1) is 19.3. The SMILES string of the molecule is CC(C)(COCc1ccccc1)c1[nH]c(=O)c2cc3c(cnn3C3CCCCO3)cc2c1-c1ccc(F)c(F)c1. The maximum atomic E-state index is 14.5. The molecule has 0 radical (unpaired) electrons. The highest BCUT2D eigenvalue weighted by molar-refractivity contribution is 6.04. The Labute approximate surface area is 230 Å². The van der Waals surface area contributed by atoms with Crippen molar-refractivity contribution in [2.24, 2.45) is 0 Å². The molecule has 0 saturated carbocycles. The number of benzene rings is 3. The van der Waals surface area contributed by atoms with E-state index in [1.807, 2.05) is 61.0 Å². The van der Waals surface area contributed by atoms with E-state index in [0.717, 1.165) is 41.8 Å². The normalized spacial score (nSPS) is 16.1. The number of aromatic amines is 1. The lowest BCUT2D eigenvalue weighted by atomic mass is 9.82. The molecule has 6 nitrogen and oxygen atoms in total. The Balaban J connectivity index is 1.50. The summed E-state index contributed by atoms with van der Waals surface area (Å²) in [5.74, 6) is -1.88. The molecule has 3 aromatic carbocycles. The molecule has 0 aliphatic carbocycles. The van der Waals surface area contributed by atoms with E-state index >= 15 is 0 Å². The van der Waals surface area contributed by atoms with Gasteiger partial charge in [-0.1, -0.05) is 50.2 Å². The van der Waals surface area contributed by atoms with Crippen molar-refractivity contribution in [3.8, 4) is 11.1 Å². The van der Waals surface area contributed by atoms with Gasteiger partial charge in [0.1, 0.15) is 0 Å². The fourth-order valence-corrected chi connectivity index (χ4v) is 5.54. The molecule has 1 aliphatic rings. The lowest BCUT2D eigenvalue weighted by molar-refractivity contribution is -0.0366. The lowest BCUT2D eigenvalue weighted by Gasteiger charge is -2.28. The summed E-state index contributed by atoms with van der Waals surface area (Å²) in [5.41, 5.74) is 2.57. The third-order valence-corrected chi connectivity index (χ3v) is 7.63. The van der Waals surface area contributed by atoms with Crippen LogP contribution in [0.2, 0.25) is 0 Å². The van der Waals surface area contributed by atoms with Gasteiger partial charge in [0, 0.05) is 34.1 Å². The van der Waals surface area contributed by atoms with E-state index in [-0.39, 0.29) is 11.8 Å². The molecule has 1 saturated heterocycles. The van der Waals surface area contributed by atoms with E-state index in [2.05, 4.69) is 10.1 Å². The fraction of sp³-hybridized carbons (Fsp3) is 0.312. The molecule has 1 atom stereocenters. The van der Waals surface area contributed by atoms with Crippen molar-refractivity contribution in [2.45, 2.75) is 51.4 Å². The maximum Gasteiger partial charge on any atom is 0.256 e. The number of rotatable bonds is 7. The average molecular weight is 544 g/mol. The van der Waals surface area contributed by atoms with Crippen LogP contribution in [0.15, 0.2) is 71.7 Å². The van der Waals surface area contributed by atoms with Crippen LogP contribution in [0.1, 0.15) is 50.6 Å². The standard InChI is InChI=1S/C32H31F2N3O3/c1-32(2,19-39-18-20-8-4-3-5-9-20)30-29(21-11-12-25(33)26(34)15-21)23-14-22-17-35-37(28-10-6-7-13-40-28)27(22)16-24(23)31(38)36-30/h3-5,8-9,11-12,14-17,28H,6-7,10,13,18-19H2,1-2H3,(H,36,38). The molecule has 1 N–H and O–H groups in total. The summed E-state index contributed by atoms with van der Waals surface area (Å²) in [5, 5.41) is 6.50. The summed E-state index contributed by atoms with van der Waals surface area (Å²) in [6.07, 6.45) is 4.49. The predicted molar refractivity (Wildman–Crippen MR) is 151 cm³/mol. The molecule has 2 aromatic heterocycles. The van der Waals surface area contributed by atoms with Crippen LogP contribution < -0.4 is 5.56 Å². The number of hydrogen-bond donors (Lipinski definition) is 1. The summed E-state index contributed by atoms with van der Waals surface area (Å²) in [7, 11) is 0. The molecule has 0 amide bonds. The van der Waals surface area contributed by atoms with E-state index in [0.29, 0.717) is 47.4 Å². The van der Waals surface area contributed by atoms with Gasteiger partial charge in [0.25, 0.3) is 5.56 Å². The van der Waals surface area contributed by atoms with Crippen molar-refractivity contribution in [3.05, 3.63) is 100 Å². The highest BCUT2D eigenvalue weighted by Crippen LogP contribution is 2.39. The molecule has 3 heterocycles. The van der Waals surface area contributed by atoms with Crippen LogP contribution in [0, 0.1) is 11.6 Å². The van der Waals surface area contributed by atoms with E-state index in [4.69, 9.17) is 9.47 Å². The molecular weight excluding hydrogens is 512 g/mol. The Hall–Kier alpha value is -3.88. The Morgan fingerprint density at radius 3 is 2.62 bits per heavy atom. The van der Waals surface area contributed by atoms with Crippen molar-refractivity contribution < 1.29 is 18.3 Å². The first-order valence-corrected chi connectivity index (χ1v) is 13.6. The average Bonchev–Trinajstić information content (AvgIpc) is 3.38. The molecule has 40 heavy (non-hydrogen) atoms. The van der Waals surface area contributed by atoms with Gasteiger partial charge in [0.05, 0.1) is 24.9 Å². The van der Waals surface area contributed by atoms with Crippen LogP contribution in [-0.2, 0) is 21.5 Å². The van der Waals surface area contributed by atoms with Crippen molar-refractivity contribution >= 4 is 21.7 Å². The zero-order valence-corrected chi connectivity index (χ0v) is 22.5. The number of ether oxygens (including phenoxy) is 2. The number of halogens is 2. The second-order valence-electron chi connectivity index (χ2n) is 11.1. The van der Waals surface area contributed by atoms with Crippen molar-refractivity contribution in [2.75, 3.05) is 13.2 Å². The molecule has 8 heteroatoms. The minimum absolute atomic E-state index is 0.187. The molecule has 1 fully saturated rings. The van der Waals surface area contributed by atoms with Gasteiger partial charge in [0.15, 0.2) is 17.9 Å². The third-order valence-electron chi connectivity index (χ3n) is 7.63. The summed E-state index contributed by atoms with van der Waals surface area (Å²) in [4.78, 5) is 16.7. The van der Waals surface area contributed by atoms with E-state index in [1.165, 1.54) is 6.07 Å². The van der Waals surface area contributed by atoms with Gasteiger partial charge in [-0.15, -0.1) is 0 Å². The van der Waals surface area contributed by atoms with Gasteiger partial charge in [-0.2, -0.15) is 5.10 Å². The first kappa shape index (κ1) is 26.3. The van der Waals surface area contributed by atoms with Gasteiger partial charge in [-0.25, -0.2) is 13.5 Å². The lowest BCUT2D eigenvalue weighted by Crippen LogP contribution is -2.29. The molecule has 0 bridgehead atoms. The second kappa shape index (κ2) is 10.6. The van der Waals surface area contributed by atoms with Crippen LogP contribution in [0.5, 0.6) is 0 Å². The minimum Gasteiger partial charge on any atom is -0.376 e. The molecule has 0 spiro atoms. The van der Waals surface area contributed by atoms with Crippen LogP contribution >= 0.6 is 0 Å². The van der Waals surface area contributed by atoms with Gasteiger partial charge in [-0.05, 0) is 60.0 Å². The topological polar surface area (TPSA) is 69.1 Å². The zero-order chi connectivity index (χ0) is 27.9. The zero-order valence-electron chi connectivity index (χ0n) is 22.5. The van der Waals surface area contributed by atoms with Crippen molar-refractivity contribution in [1.82, 2.24) is 14.8 Å². The Kier molecular flexibility index (Phi) is 6.98. The summed E-state index contributed by atoms with van der Waals surface area (Å²) < 4.78 is 42.4. The molecule has 206 valence electrons. The van der Waals surface area contributed by atoms with E-state index < -0.39 is 17.0 Å². The van der Waals surface area contributed by atoms with Gasteiger partial charge in [-0.3, -0.25) is 4.79 Å². The Morgan fingerprint density at radius 1 is 1.05 bits per heavy atom. The van der Waals surface area contributed by atoms with Crippen LogP contribution in [0.4, 0.5) is 8.78 Å². The van der Waals surface area contributed by atoms with Gasteiger partial charge in [0.2, 0.25) is 0 Å². The third kappa shape index (κ3) is 4.93. The van der Waals surface area contributed by atoms with E-state index in [1.54, 1.807) is 12.3 Å². The minimum atomic E-state index is -0.954. The number of nitrogens with zero attached hydrogens (tertiary/aromatic N) is 2. The van der Waals surface area contributed by atoms with Crippen LogP contribution in [-0.4, -0.2) is 28.0 Å². The Morgan fingerprint density at radius 2 is 1.88 bits per heavy atom. The maximum absolute atomic E-state index is 14.5. The first-order valence-electron chi connectivity index (χ1n) is 13.6.